The van der Waals surface area contributed by atoms with Crippen molar-refractivity contribution in [1.82, 2.24) is 0 Å². The molecule has 1 heterocycles. The van der Waals surface area contributed by atoms with E-state index in [0.717, 1.165) is 16.8 Å². The number of hydrogen-bond donors (Lipinski definition) is 1. The minimum atomic E-state index is -0.763. The summed E-state index contributed by atoms with van der Waals surface area (Å²) in [7, 11) is 0. The SMILES string of the molecule is Cc1ccc([C@@]2(S)N(c3ccccc3)C(=O)[C@@]2(C)c2ccccc2)cc1. The van der Waals surface area contributed by atoms with Crippen LogP contribution in [0.3, 0.4) is 0 Å². The van der Waals surface area contributed by atoms with Gasteiger partial charge in [0.25, 0.3) is 0 Å². The monoisotopic (exact) mass is 359 g/mol. The number of hydrogen-bond acceptors (Lipinski definition) is 2. The zero-order chi connectivity index (χ0) is 18.4. The zero-order valence-electron chi connectivity index (χ0n) is 14.9. The summed E-state index contributed by atoms with van der Waals surface area (Å²) in [5, 5.41) is 0. The Balaban J connectivity index is 1.93. The lowest BCUT2D eigenvalue weighted by Gasteiger charge is -2.61. The highest BCUT2D eigenvalue weighted by Crippen LogP contribution is 2.60. The highest BCUT2D eigenvalue weighted by molar-refractivity contribution is 7.81. The molecule has 1 aliphatic heterocycles. The van der Waals surface area contributed by atoms with E-state index < -0.39 is 10.3 Å². The minimum absolute atomic E-state index is 0.0606. The molecule has 0 spiro atoms. The van der Waals surface area contributed by atoms with Crippen LogP contribution in [0.25, 0.3) is 0 Å². The average Bonchev–Trinajstić information content (AvgIpc) is 2.69. The Morgan fingerprint density at radius 2 is 1.31 bits per heavy atom. The van der Waals surface area contributed by atoms with Crippen molar-refractivity contribution in [3.63, 3.8) is 0 Å². The largest absolute Gasteiger partial charge is 0.291 e. The van der Waals surface area contributed by atoms with Gasteiger partial charge in [0.05, 0.1) is 0 Å². The van der Waals surface area contributed by atoms with Crippen LogP contribution in [0.4, 0.5) is 5.69 Å². The van der Waals surface area contributed by atoms with Crippen LogP contribution >= 0.6 is 12.6 Å². The smallest absolute Gasteiger partial charge is 0.242 e. The van der Waals surface area contributed by atoms with Crippen molar-refractivity contribution in [2.75, 3.05) is 4.90 Å². The number of anilines is 1. The highest BCUT2D eigenvalue weighted by Gasteiger charge is 2.69. The van der Waals surface area contributed by atoms with Crippen molar-refractivity contribution >= 4 is 24.2 Å². The van der Waals surface area contributed by atoms with Crippen molar-refractivity contribution in [2.45, 2.75) is 24.1 Å². The second kappa shape index (κ2) is 6.03. The average molecular weight is 359 g/mol. The summed E-state index contributed by atoms with van der Waals surface area (Å²) in [6, 6.07) is 28.0. The molecule has 0 N–H and O–H groups in total. The topological polar surface area (TPSA) is 20.3 Å². The predicted molar refractivity (Wildman–Crippen MR) is 110 cm³/mol. The maximum atomic E-state index is 13.4. The molecule has 0 bridgehead atoms. The molecule has 0 saturated carbocycles. The lowest BCUT2D eigenvalue weighted by atomic mass is 9.64. The summed E-state index contributed by atoms with van der Waals surface area (Å²) in [4.78, 5) is 14.5. The van der Waals surface area contributed by atoms with Gasteiger partial charge in [0.2, 0.25) is 5.91 Å². The second-order valence-corrected chi connectivity index (χ2v) is 7.65. The van der Waals surface area contributed by atoms with Crippen molar-refractivity contribution < 1.29 is 4.79 Å². The Kier molecular flexibility index (Phi) is 3.92. The normalized spacial score (nSPS) is 25.0. The molecule has 2 nitrogen and oxygen atoms in total. The fourth-order valence-corrected chi connectivity index (χ4v) is 4.45. The van der Waals surface area contributed by atoms with Crippen molar-refractivity contribution in [2.24, 2.45) is 0 Å². The third-order valence-corrected chi connectivity index (χ3v) is 6.38. The van der Waals surface area contributed by atoms with Crippen LogP contribution in [0.15, 0.2) is 84.9 Å². The fraction of sp³-hybridized carbons (Fsp3) is 0.174. The van der Waals surface area contributed by atoms with E-state index in [-0.39, 0.29) is 5.91 Å². The summed E-state index contributed by atoms with van der Waals surface area (Å²) in [6.07, 6.45) is 0. The van der Waals surface area contributed by atoms with Crippen LogP contribution in [0.5, 0.6) is 0 Å². The summed E-state index contributed by atoms with van der Waals surface area (Å²) >= 11 is 5.16. The number of aryl methyl sites for hydroxylation is 1. The molecule has 2 atom stereocenters. The van der Waals surface area contributed by atoms with Gasteiger partial charge in [0, 0.05) is 5.69 Å². The first-order valence-corrected chi connectivity index (χ1v) is 9.19. The molecule has 3 aromatic carbocycles. The molecule has 1 aliphatic rings. The maximum Gasteiger partial charge on any atom is 0.242 e. The summed E-state index contributed by atoms with van der Waals surface area (Å²) < 4.78 is 0. The lowest BCUT2D eigenvalue weighted by Crippen LogP contribution is -2.75. The quantitative estimate of drug-likeness (QED) is 0.511. The number of β-lactam (4-membered cyclic amide) rings is 1. The van der Waals surface area contributed by atoms with E-state index in [4.69, 9.17) is 12.6 Å². The first kappa shape index (κ1) is 16.9. The number of thiol groups is 1. The first-order chi connectivity index (χ1) is 12.5. The number of benzene rings is 3. The van der Waals surface area contributed by atoms with Gasteiger partial charge < -0.3 is 0 Å². The number of carbonyl (C=O) groups is 1. The molecular formula is C23H21NOS. The Morgan fingerprint density at radius 1 is 0.769 bits per heavy atom. The Hall–Kier alpha value is -2.52. The van der Waals surface area contributed by atoms with Gasteiger partial charge in [-0.1, -0.05) is 78.4 Å². The van der Waals surface area contributed by atoms with Gasteiger partial charge in [-0.3, -0.25) is 9.69 Å². The molecule has 26 heavy (non-hydrogen) atoms. The number of para-hydroxylation sites is 1. The third kappa shape index (κ3) is 2.17. The van der Waals surface area contributed by atoms with Gasteiger partial charge in [0.1, 0.15) is 10.3 Å². The van der Waals surface area contributed by atoms with Crippen molar-refractivity contribution in [3.8, 4) is 0 Å². The van der Waals surface area contributed by atoms with E-state index in [1.807, 2.05) is 72.5 Å². The summed E-state index contributed by atoms with van der Waals surface area (Å²) in [5.41, 5.74) is 3.29. The Morgan fingerprint density at radius 3 is 1.88 bits per heavy atom. The van der Waals surface area contributed by atoms with E-state index in [2.05, 4.69) is 31.2 Å². The number of nitrogens with zero attached hydrogens (tertiary/aromatic N) is 1. The Bertz CT molecular complexity index is 939. The molecule has 0 aromatic heterocycles. The highest BCUT2D eigenvalue weighted by atomic mass is 32.1. The van der Waals surface area contributed by atoms with Gasteiger partial charge >= 0.3 is 0 Å². The van der Waals surface area contributed by atoms with E-state index in [9.17, 15) is 4.79 Å². The zero-order valence-corrected chi connectivity index (χ0v) is 15.8. The molecule has 4 rings (SSSR count). The van der Waals surface area contributed by atoms with Crippen LogP contribution in [0, 0.1) is 6.92 Å². The predicted octanol–water partition coefficient (Wildman–Crippen LogP) is 5.08. The standard InChI is InChI=1S/C23H21NOS/c1-17-13-15-19(16-14-17)23(26)22(2,18-9-5-3-6-10-18)21(25)24(23)20-11-7-4-8-12-20/h3-16,26H,1-2H3/t22-,23+/m1/s1. The van der Waals surface area contributed by atoms with E-state index in [1.165, 1.54) is 5.56 Å². The maximum absolute atomic E-state index is 13.4. The molecular weight excluding hydrogens is 338 g/mol. The van der Waals surface area contributed by atoms with Crippen LogP contribution in [0.2, 0.25) is 0 Å². The molecule has 0 radical (unpaired) electrons. The molecule has 1 saturated heterocycles. The van der Waals surface area contributed by atoms with E-state index in [0.29, 0.717) is 0 Å². The molecule has 0 unspecified atom stereocenters. The molecule has 0 aliphatic carbocycles. The van der Waals surface area contributed by atoms with Gasteiger partial charge in [0.15, 0.2) is 0 Å². The molecule has 130 valence electrons. The van der Waals surface area contributed by atoms with Gasteiger partial charge in [-0.25, -0.2) is 0 Å². The van der Waals surface area contributed by atoms with Gasteiger partial charge in [-0.2, -0.15) is 0 Å². The van der Waals surface area contributed by atoms with Crippen LogP contribution < -0.4 is 4.90 Å². The van der Waals surface area contributed by atoms with E-state index in [1.54, 1.807) is 0 Å². The minimum Gasteiger partial charge on any atom is -0.291 e. The molecule has 3 aromatic rings. The first-order valence-electron chi connectivity index (χ1n) is 8.74. The number of amides is 1. The molecule has 1 amide bonds. The fourth-order valence-electron chi connectivity index (χ4n) is 3.87. The van der Waals surface area contributed by atoms with Gasteiger partial charge in [-0.15, -0.1) is 12.6 Å². The molecule has 3 heteroatoms. The van der Waals surface area contributed by atoms with Crippen molar-refractivity contribution in [1.29, 1.82) is 0 Å². The van der Waals surface area contributed by atoms with Gasteiger partial charge in [-0.05, 0) is 37.1 Å². The summed E-state index contributed by atoms with van der Waals surface area (Å²) in [5.74, 6) is 0.0606. The van der Waals surface area contributed by atoms with E-state index >= 15 is 0 Å². The molecule has 1 fully saturated rings. The van der Waals surface area contributed by atoms with Crippen LogP contribution in [0.1, 0.15) is 23.6 Å². The van der Waals surface area contributed by atoms with Crippen LogP contribution in [-0.2, 0) is 15.1 Å². The summed E-state index contributed by atoms with van der Waals surface area (Å²) in [6.45, 7) is 4.06. The Labute approximate surface area is 159 Å². The second-order valence-electron chi connectivity index (χ2n) is 7.01. The van der Waals surface area contributed by atoms with Crippen LogP contribution in [-0.4, -0.2) is 5.91 Å². The number of rotatable bonds is 3. The third-order valence-electron chi connectivity index (χ3n) is 5.47. The number of carbonyl (C=O) groups excluding carboxylic acids is 1. The lowest BCUT2D eigenvalue weighted by molar-refractivity contribution is -0.133. The van der Waals surface area contributed by atoms with Crippen molar-refractivity contribution in [3.05, 3.63) is 102 Å².